The van der Waals surface area contributed by atoms with Crippen molar-refractivity contribution >= 4 is 28.2 Å². The Bertz CT molecular complexity index is 924. The van der Waals surface area contributed by atoms with Crippen molar-refractivity contribution in [3.8, 4) is 0 Å². The monoisotopic (exact) mass is 402 g/mol. The van der Waals surface area contributed by atoms with Gasteiger partial charge in [0.15, 0.2) is 5.78 Å². The number of carbonyl (C=O) groups is 2. The topological polar surface area (TPSA) is 57.7 Å². The second kappa shape index (κ2) is 8.65. The van der Waals surface area contributed by atoms with Gasteiger partial charge in [0.1, 0.15) is 5.82 Å². The molecule has 28 heavy (non-hydrogen) atoms. The molecule has 2 aromatic carbocycles. The summed E-state index contributed by atoms with van der Waals surface area (Å²) in [6, 6.07) is 11.7. The third-order valence-electron chi connectivity index (χ3n) is 4.81. The lowest BCUT2D eigenvalue weighted by molar-refractivity contribution is 0.0746. The first-order chi connectivity index (χ1) is 13.3. The zero-order valence-electron chi connectivity index (χ0n) is 16.0. The Labute approximate surface area is 166 Å². The molecule has 0 aliphatic carbocycles. The van der Waals surface area contributed by atoms with Crippen molar-refractivity contribution < 1.29 is 18.2 Å². The Morgan fingerprint density at radius 2 is 1.75 bits per heavy atom. The summed E-state index contributed by atoms with van der Waals surface area (Å²) in [7, 11) is -0.964. The Kier molecular flexibility index (Phi) is 6.24. The van der Waals surface area contributed by atoms with Gasteiger partial charge in [-0.05, 0) is 42.8 Å². The predicted molar refractivity (Wildman–Crippen MR) is 109 cm³/mol. The van der Waals surface area contributed by atoms with Gasteiger partial charge in [-0.15, -0.1) is 0 Å². The van der Waals surface area contributed by atoms with E-state index in [2.05, 4.69) is 0 Å². The molecule has 1 heterocycles. The van der Waals surface area contributed by atoms with Crippen LogP contribution in [0.2, 0.25) is 0 Å². The van der Waals surface area contributed by atoms with Crippen LogP contribution in [0.15, 0.2) is 42.5 Å². The van der Waals surface area contributed by atoms with Gasteiger partial charge in [0.05, 0.1) is 5.69 Å². The van der Waals surface area contributed by atoms with Crippen molar-refractivity contribution in [1.82, 2.24) is 4.90 Å². The van der Waals surface area contributed by atoms with Crippen molar-refractivity contribution in [2.75, 3.05) is 37.3 Å². The van der Waals surface area contributed by atoms with Gasteiger partial charge in [0.2, 0.25) is 0 Å². The lowest BCUT2D eigenvalue weighted by Crippen LogP contribution is -2.49. The van der Waals surface area contributed by atoms with Crippen LogP contribution in [0.25, 0.3) is 0 Å². The molecule has 1 amide bonds. The summed E-state index contributed by atoms with van der Waals surface area (Å²) >= 11 is 0. The van der Waals surface area contributed by atoms with Gasteiger partial charge in [-0.1, -0.05) is 12.1 Å². The molecular weight excluding hydrogens is 379 g/mol. The van der Waals surface area contributed by atoms with Gasteiger partial charge in [-0.3, -0.25) is 13.8 Å². The van der Waals surface area contributed by atoms with Crippen LogP contribution >= 0.6 is 0 Å². The first-order valence-electron chi connectivity index (χ1n) is 9.09. The standard InChI is InChI=1S/C21H23FN2O3S/c1-15(25)17-6-7-20(19(22)13-17)23-8-10-24(11-9-23)21(26)18-5-3-4-16(12-18)14-28(2)27/h3-7,12-13H,8-11,14H2,1-2H3. The van der Waals surface area contributed by atoms with Crippen LogP contribution in [-0.4, -0.2) is 53.2 Å². The molecule has 1 aliphatic heterocycles. The molecule has 0 radical (unpaired) electrons. The number of nitrogens with zero attached hydrogens (tertiary/aromatic N) is 2. The van der Waals surface area contributed by atoms with E-state index in [-0.39, 0.29) is 11.7 Å². The van der Waals surface area contributed by atoms with Gasteiger partial charge in [-0.2, -0.15) is 0 Å². The molecule has 1 unspecified atom stereocenters. The summed E-state index contributed by atoms with van der Waals surface area (Å²) in [5.41, 5.74) is 2.25. The molecule has 7 heteroatoms. The minimum Gasteiger partial charge on any atom is -0.366 e. The number of hydrogen-bond donors (Lipinski definition) is 0. The third kappa shape index (κ3) is 4.65. The van der Waals surface area contributed by atoms with E-state index in [9.17, 15) is 18.2 Å². The first-order valence-corrected chi connectivity index (χ1v) is 10.8. The molecular formula is C21H23FN2O3S. The van der Waals surface area contributed by atoms with Gasteiger partial charge < -0.3 is 9.80 Å². The van der Waals surface area contributed by atoms with Crippen LogP contribution in [0.3, 0.4) is 0 Å². The second-order valence-electron chi connectivity index (χ2n) is 6.92. The summed E-state index contributed by atoms with van der Waals surface area (Å²) in [6.07, 6.45) is 1.63. The Morgan fingerprint density at radius 3 is 2.36 bits per heavy atom. The lowest BCUT2D eigenvalue weighted by Gasteiger charge is -2.36. The van der Waals surface area contributed by atoms with Gasteiger partial charge >= 0.3 is 0 Å². The number of carbonyl (C=O) groups excluding carboxylic acids is 2. The molecule has 0 saturated carbocycles. The number of piperazine rings is 1. The molecule has 0 spiro atoms. The molecule has 2 aromatic rings. The smallest absolute Gasteiger partial charge is 0.253 e. The molecule has 148 valence electrons. The third-order valence-corrected chi connectivity index (χ3v) is 5.55. The minimum absolute atomic E-state index is 0.0733. The van der Waals surface area contributed by atoms with Gasteiger partial charge in [0, 0.05) is 60.1 Å². The molecule has 0 aromatic heterocycles. The maximum atomic E-state index is 14.4. The molecule has 1 fully saturated rings. The van der Waals surface area contributed by atoms with E-state index >= 15 is 0 Å². The first kappa shape index (κ1) is 20.2. The normalized spacial score (nSPS) is 15.4. The fourth-order valence-corrected chi connectivity index (χ4v) is 3.99. The van der Waals surface area contributed by atoms with E-state index in [0.717, 1.165) is 5.56 Å². The Balaban J connectivity index is 1.66. The predicted octanol–water partition coefficient (Wildman–Crippen LogP) is 2.87. The Hall–Kier alpha value is -2.54. The van der Waals surface area contributed by atoms with Crippen molar-refractivity contribution in [1.29, 1.82) is 0 Å². The molecule has 1 atom stereocenters. The highest BCUT2D eigenvalue weighted by Crippen LogP contribution is 2.23. The van der Waals surface area contributed by atoms with Crippen LogP contribution in [0.1, 0.15) is 33.2 Å². The lowest BCUT2D eigenvalue weighted by atomic mass is 10.1. The zero-order chi connectivity index (χ0) is 20.3. The van der Waals surface area contributed by atoms with E-state index in [1.54, 1.807) is 41.5 Å². The summed E-state index contributed by atoms with van der Waals surface area (Å²) in [5.74, 6) is -0.247. The molecule has 5 nitrogen and oxygen atoms in total. The van der Waals surface area contributed by atoms with E-state index in [4.69, 9.17) is 0 Å². The summed E-state index contributed by atoms with van der Waals surface area (Å²) < 4.78 is 25.8. The van der Waals surface area contributed by atoms with Crippen molar-refractivity contribution in [2.24, 2.45) is 0 Å². The van der Waals surface area contributed by atoms with Gasteiger partial charge in [-0.25, -0.2) is 4.39 Å². The highest BCUT2D eigenvalue weighted by atomic mass is 32.2. The fourth-order valence-electron chi connectivity index (χ4n) is 3.34. The Morgan fingerprint density at radius 1 is 1.04 bits per heavy atom. The number of halogens is 1. The maximum absolute atomic E-state index is 14.4. The molecule has 0 N–H and O–H groups in total. The largest absolute Gasteiger partial charge is 0.366 e. The number of anilines is 1. The minimum atomic E-state index is -0.964. The number of Topliss-reactive ketones (excluding diaryl/α,β-unsaturated/α-hetero) is 1. The molecule has 1 saturated heterocycles. The van der Waals surface area contributed by atoms with Crippen LogP contribution < -0.4 is 4.90 Å². The zero-order valence-corrected chi connectivity index (χ0v) is 16.8. The molecule has 0 bridgehead atoms. The van der Waals surface area contributed by atoms with Crippen molar-refractivity contribution in [2.45, 2.75) is 12.7 Å². The molecule has 1 aliphatic rings. The van der Waals surface area contributed by atoms with Crippen LogP contribution in [0.4, 0.5) is 10.1 Å². The number of rotatable bonds is 5. The summed E-state index contributed by atoms with van der Waals surface area (Å²) in [5, 5.41) is 0. The fraction of sp³-hybridized carbons (Fsp3) is 0.333. The quantitative estimate of drug-likeness (QED) is 0.722. The van der Waals surface area contributed by atoms with E-state index < -0.39 is 16.6 Å². The number of amides is 1. The summed E-state index contributed by atoms with van der Waals surface area (Å²) in [4.78, 5) is 27.8. The van der Waals surface area contributed by atoms with Crippen LogP contribution in [0, 0.1) is 5.82 Å². The highest BCUT2D eigenvalue weighted by molar-refractivity contribution is 7.83. The number of benzene rings is 2. The number of hydrogen-bond acceptors (Lipinski definition) is 4. The molecule has 3 rings (SSSR count). The summed E-state index contributed by atoms with van der Waals surface area (Å²) in [6.45, 7) is 3.40. The average molecular weight is 402 g/mol. The van der Waals surface area contributed by atoms with Crippen molar-refractivity contribution in [3.63, 3.8) is 0 Å². The second-order valence-corrected chi connectivity index (χ2v) is 8.35. The van der Waals surface area contributed by atoms with E-state index in [1.165, 1.54) is 13.0 Å². The maximum Gasteiger partial charge on any atom is 0.253 e. The van der Waals surface area contributed by atoms with Crippen LogP contribution in [0.5, 0.6) is 0 Å². The average Bonchev–Trinajstić information content (AvgIpc) is 2.67. The van der Waals surface area contributed by atoms with E-state index in [0.29, 0.717) is 48.7 Å². The number of ketones is 1. The highest BCUT2D eigenvalue weighted by Gasteiger charge is 2.24. The van der Waals surface area contributed by atoms with Crippen molar-refractivity contribution in [3.05, 3.63) is 65.0 Å². The van der Waals surface area contributed by atoms with Crippen LogP contribution in [-0.2, 0) is 16.6 Å². The SMILES string of the molecule is CC(=O)c1ccc(N2CCN(C(=O)c3cccc(CS(C)=O)c3)CC2)c(F)c1. The van der Waals surface area contributed by atoms with E-state index in [1.807, 2.05) is 11.0 Å². The van der Waals surface area contributed by atoms with Gasteiger partial charge in [0.25, 0.3) is 5.91 Å².